The third-order valence-corrected chi connectivity index (χ3v) is 3.77. The third-order valence-electron chi connectivity index (χ3n) is 3.40. The molecule has 0 bridgehead atoms. The monoisotopic (exact) mass is 357 g/mol. The van der Waals surface area contributed by atoms with Crippen LogP contribution in [0.1, 0.15) is 18.9 Å². The lowest BCUT2D eigenvalue weighted by atomic mass is 9.80. The summed E-state index contributed by atoms with van der Waals surface area (Å²) in [5.41, 5.74) is -2.27. The highest BCUT2D eigenvalue weighted by molar-refractivity contribution is 7.77. The molecule has 3 N–H and O–H groups in total. The lowest BCUT2D eigenvalue weighted by Gasteiger charge is -2.30. The molecule has 0 radical (unpaired) electrons. The molecule has 0 aromatic heterocycles. The highest BCUT2D eigenvalue weighted by Crippen LogP contribution is 2.28. The molecule has 0 aliphatic rings. The molecule has 0 aliphatic heterocycles. The van der Waals surface area contributed by atoms with Crippen LogP contribution >= 0.6 is 12.8 Å². The first-order valence-electron chi connectivity index (χ1n) is 7.10. The van der Waals surface area contributed by atoms with Crippen molar-refractivity contribution in [1.82, 2.24) is 4.47 Å². The molecule has 0 aliphatic carbocycles. The topological polar surface area (TPSA) is 124 Å². The van der Waals surface area contributed by atoms with Gasteiger partial charge in [-0.2, -0.15) is 0 Å². The Morgan fingerprint density at radius 3 is 2.29 bits per heavy atom. The molecule has 132 valence electrons. The van der Waals surface area contributed by atoms with Crippen LogP contribution in [0.25, 0.3) is 0 Å². The molecule has 0 spiro atoms. The van der Waals surface area contributed by atoms with Gasteiger partial charge in [0.05, 0.1) is 6.42 Å². The summed E-state index contributed by atoms with van der Waals surface area (Å²) < 4.78 is 0.864. The molecule has 1 aromatic carbocycles. The van der Waals surface area contributed by atoms with Gasteiger partial charge < -0.3 is 20.2 Å². The van der Waals surface area contributed by atoms with Crippen LogP contribution in [0.15, 0.2) is 30.3 Å². The van der Waals surface area contributed by atoms with Gasteiger partial charge in [0.15, 0.2) is 5.60 Å². The number of carbonyl (C=O) groups excluding carboxylic acids is 1. The second-order valence-corrected chi connectivity index (χ2v) is 5.57. The Balaban J connectivity index is 3.21. The zero-order valence-corrected chi connectivity index (χ0v) is 13.8. The van der Waals surface area contributed by atoms with Crippen molar-refractivity contribution < 1.29 is 34.5 Å². The Bertz CT molecular complexity index is 595. The van der Waals surface area contributed by atoms with Crippen molar-refractivity contribution in [2.75, 3.05) is 6.54 Å². The lowest BCUT2D eigenvalue weighted by molar-refractivity contribution is -0.192. The molecule has 2 unspecified atom stereocenters. The molecule has 1 rings (SSSR count). The normalized spacial score (nSPS) is 14.7. The van der Waals surface area contributed by atoms with Gasteiger partial charge in [0, 0.05) is 6.54 Å². The van der Waals surface area contributed by atoms with Crippen molar-refractivity contribution in [3.63, 3.8) is 0 Å². The zero-order valence-electron chi connectivity index (χ0n) is 13.0. The van der Waals surface area contributed by atoms with Crippen LogP contribution in [0.2, 0.25) is 0 Å². The Labute approximate surface area is 144 Å². The first-order valence-corrected chi connectivity index (χ1v) is 7.50. The molecule has 9 heteroatoms. The van der Waals surface area contributed by atoms with Crippen LogP contribution in [0.4, 0.5) is 0 Å². The number of nitrogens with zero attached hydrogens (tertiary/aromatic N) is 1. The molecule has 0 saturated heterocycles. The molecular weight excluding hydrogens is 338 g/mol. The SMILES string of the molecule is CCN(S)OC(=O)C(Cc1ccccc1)C(O)(CC(=O)O)C(=O)O. The number of benzene rings is 1. The molecule has 0 amide bonds. The summed E-state index contributed by atoms with van der Waals surface area (Å²) in [6, 6.07) is 8.32. The van der Waals surface area contributed by atoms with Gasteiger partial charge in [-0.25, -0.2) is 9.59 Å². The molecule has 0 fully saturated rings. The Kier molecular flexibility index (Phi) is 7.20. The minimum atomic E-state index is -2.82. The Hall–Kier alpha value is -2.10. The van der Waals surface area contributed by atoms with E-state index in [1.165, 1.54) is 0 Å². The molecule has 24 heavy (non-hydrogen) atoms. The van der Waals surface area contributed by atoms with Crippen LogP contribution < -0.4 is 0 Å². The summed E-state index contributed by atoms with van der Waals surface area (Å²) >= 11 is 3.85. The molecule has 0 saturated carbocycles. The van der Waals surface area contributed by atoms with E-state index in [1.54, 1.807) is 37.3 Å². The van der Waals surface area contributed by atoms with Gasteiger partial charge in [-0.1, -0.05) is 47.6 Å². The number of hydrogen-bond donors (Lipinski definition) is 4. The molecule has 2 atom stereocenters. The van der Waals surface area contributed by atoms with E-state index < -0.39 is 35.8 Å². The zero-order chi connectivity index (χ0) is 18.3. The van der Waals surface area contributed by atoms with Gasteiger partial charge in [0.2, 0.25) is 0 Å². The minimum absolute atomic E-state index is 0.206. The third kappa shape index (κ3) is 5.22. The predicted molar refractivity (Wildman–Crippen MR) is 85.9 cm³/mol. The van der Waals surface area contributed by atoms with Gasteiger partial charge in [-0.05, 0) is 18.9 Å². The number of rotatable bonds is 9. The Morgan fingerprint density at radius 1 is 1.25 bits per heavy atom. The Morgan fingerprint density at radius 2 is 1.83 bits per heavy atom. The van der Waals surface area contributed by atoms with Crippen molar-refractivity contribution in [3.8, 4) is 0 Å². The second kappa shape index (κ2) is 8.67. The van der Waals surface area contributed by atoms with E-state index in [2.05, 4.69) is 12.8 Å². The fourth-order valence-electron chi connectivity index (χ4n) is 2.11. The molecular formula is C15H19NO7S. The number of carboxylic acids is 2. The van der Waals surface area contributed by atoms with Crippen molar-refractivity contribution >= 4 is 30.7 Å². The van der Waals surface area contributed by atoms with E-state index in [9.17, 15) is 24.6 Å². The van der Waals surface area contributed by atoms with Crippen molar-refractivity contribution in [2.24, 2.45) is 5.92 Å². The fourth-order valence-corrected chi connectivity index (χ4v) is 2.19. The highest BCUT2D eigenvalue weighted by Gasteiger charge is 2.51. The van der Waals surface area contributed by atoms with Crippen LogP contribution in [0, 0.1) is 5.92 Å². The summed E-state index contributed by atoms with van der Waals surface area (Å²) in [7, 11) is 0. The molecule has 0 heterocycles. The number of aliphatic hydroxyl groups is 1. The second-order valence-electron chi connectivity index (χ2n) is 5.12. The van der Waals surface area contributed by atoms with Gasteiger partial charge in [-0.3, -0.25) is 4.79 Å². The summed E-state index contributed by atoms with van der Waals surface area (Å²) in [6.07, 6.45) is -1.35. The fraction of sp³-hybridized carbons (Fsp3) is 0.400. The van der Waals surface area contributed by atoms with Crippen molar-refractivity contribution in [1.29, 1.82) is 0 Å². The van der Waals surface area contributed by atoms with E-state index in [4.69, 9.17) is 9.94 Å². The molecule has 1 aromatic rings. The number of carbonyl (C=O) groups is 3. The van der Waals surface area contributed by atoms with Gasteiger partial charge in [0.25, 0.3) is 0 Å². The van der Waals surface area contributed by atoms with Crippen LogP contribution in [0.5, 0.6) is 0 Å². The predicted octanol–water partition coefficient (Wildman–Crippen LogP) is 0.761. The van der Waals surface area contributed by atoms with Crippen LogP contribution in [-0.4, -0.2) is 49.8 Å². The largest absolute Gasteiger partial charge is 0.481 e. The van der Waals surface area contributed by atoms with E-state index >= 15 is 0 Å². The number of thiol groups is 1. The maximum absolute atomic E-state index is 12.3. The van der Waals surface area contributed by atoms with Crippen LogP contribution in [0.3, 0.4) is 0 Å². The van der Waals surface area contributed by atoms with E-state index in [1.807, 2.05) is 0 Å². The maximum atomic E-state index is 12.3. The average Bonchev–Trinajstić information content (AvgIpc) is 2.52. The number of carboxylic acid groups (broad SMARTS) is 2. The molecule has 8 nitrogen and oxygen atoms in total. The summed E-state index contributed by atoms with van der Waals surface area (Å²) in [5, 5.41) is 28.6. The van der Waals surface area contributed by atoms with Gasteiger partial charge in [0.1, 0.15) is 5.92 Å². The van der Waals surface area contributed by atoms with Crippen LogP contribution in [-0.2, 0) is 25.6 Å². The highest BCUT2D eigenvalue weighted by atomic mass is 32.1. The van der Waals surface area contributed by atoms with Crippen molar-refractivity contribution in [3.05, 3.63) is 35.9 Å². The smallest absolute Gasteiger partial charge is 0.337 e. The first kappa shape index (κ1) is 19.9. The summed E-state index contributed by atoms with van der Waals surface area (Å²) in [4.78, 5) is 39.6. The number of aliphatic carboxylic acids is 2. The van der Waals surface area contributed by atoms with E-state index in [0.29, 0.717) is 5.56 Å². The van der Waals surface area contributed by atoms with Crippen molar-refractivity contribution in [2.45, 2.75) is 25.4 Å². The number of hydroxylamine groups is 1. The first-order chi connectivity index (χ1) is 11.2. The lowest BCUT2D eigenvalue weighted by Crippen LogP contribution is -2.52. The standard InChI is InChI=1S/C15H19NO7S/c1-2-16(24)23-13(19)11(8-10-6-4-3-5-7-10)15(22,14(20)21)9-12(17)18/h3-7,11,22,24H,2,8-9H2,1H3,(H,17,18)(H,20,21). The number of hydrogen-bond acceptors (Lipinski definition) is 7. The summed E-state index contributed by atoms with van der Waals surface area (Å²) in [6.45, 7) is 1.84. The average molecular weight is 357 g/mol. The summed E-state index contributed by atoms with van der Waals surface area (Å²) in [5.74, 6) is -6.08. The van der Waals surface area contributed by atoms with Gasteiger partial charge >= 0.3 is 17.9 Å². The van der Waals surface area contributed by atoms with E-state index in [-0.39, 0.29) is 13.0 Å². The minimum Gasteiger partial charge on any atom is -0.481 e. The quantitative estimate of drug-likeness (QED) is 0.377. The van der Waals surface area contributed by atoms with Gasteiger partial charge in [-0.15, -0.1) is 0 Å². The van der Waals surface area contributed by atoms with E-state index in [0.717, 1.165) is 4.47 Å². The maximum Gasteiger partial charge on any atom is 0.337 e.